The maximum Gasteiger partial charge on any atom is 0.164 e. The molecule has 0 fully saturated rings. The molecule has 0 aliphatic carbocycles. The van der Waals surface area contributed by atoms with Crippen LogP contribution >= 0.6 is 0 Å². The quantitative estimate of drug-likeness (QED) is 0.190. The molecule has 0 bridgehead atoms. The van der Waals surface area contributed by atoms with E-state index in [4.69, 9.17) is 19.4 Å². The molecule has 0 aliphatic heterocycles. The molecule has 0 amide bonds. The average Bonchev–Trinajstić information content (AvgIpc) is 3.51. The minimum absolute atomic E-state index is 0.635. The molecule has 0 N–H and O–H groups in total. The normalized spacial score (nSPS) is 11.8. The van der Waals surface area contributed by atoms with Crippen LogP contribution in [0.15, 0.2) is 156 Å². The predicted molar refractivity (Wildman–Crippen MR) is 193 cm³/mol. The molecule has 4 nitrogen and oxygen atoms in total. The summed E-state index contributed by atoms with van der Waals surface area (Å²) >= 11 is 0. The van der Waals surface area contributed by atoms with Crippen molar-refractivity contribution in [2.75, 3.05) is 0 Å². The third kappa shape index (κ3) is 4.12. The zero-order valence-corrected chi connectivity index (χ0v) is 25.2. The van der Waals surface area contributed by atoms with Gasteiger partial charge in [-0.2, -0.15) is 0 Å². The van der Waals surface area contributed by atoms with Crippen LogP contribution in [0.5, 0.6) is 0 Å². The number of benzene rings is 8. The van der Waals surface area contributed by atoms with E-state index in [1.54, 1.807) is 0 Å². The number of rotatable bonds is 3. The van der Waals surface area contributed by atoms with Gasteiger partial charge in [-0.1, -0.05) is 115 Å². The summed E-state index contributed by atoms with van der Waals surface area (Å²) in [7, 11) is 0. The Hall–Kier alpha value is -6.39. The van der Waals surface area contributed by atoms with Crippen molar-refractivity contribution in [1.82, 2.24) is 15.0 Å². The number of hydrogen-bond acceptors (Lipinski definition) is 4. The largest absolute Gasteiger partial charge is 0.456 e. The minimum Gasteiger partial charge on any atom is -0.456 e. The number of aromatic nitrogens is 3. The molecular formula is C43H25N3O. The topological polar surface area (TPSA) is 51.8 Å². The molecule has 47 heavy (non-hydrogen) atoms. The van der Waals surface area contributed by atoms with E-state index in [9.17, 15) is 0 Å². The van der Waals surface area contributed by atoms with Gasteiger partial charge < -0.3 is 4.42 Å². The van der Waals surface area contributed by atoms with Crippen LogP contribution in [0.25, 0.3) is 99.2 Å². The van der Waals surface area contributed by atoms with Crippen molar-refractivity contribution in [2.24, 2.45) is 0 Å². The summed E-state index contributed by atoms with van der Waals surface area (Å²) in [5, 5.41) is 11.4. The lowest BCUT2D eigenvalue weighted by Gasteiger charge is -2.13. The van der Waals surface area contributed by atoms with Gasteiger partial charge in [0, 0.05) is 32.8 Å². The standard InChI is InChI=1S/C43H25N3O/c1-2-11-27(12-3-1)41-44-42(32-19-18-26-10-4-5-13-28(26)22-32)46-43(45-41)35-24-31-16-8-9-17-33(31)39-34(35)20-21-37-40(39)36-23-29-14-6-7-15-30(29)25-38(36)47-37/h1-25H. The predicted octanol–water partition coefficient (Wildman–Crippen LogP) is 11.4. The molecule has 8 aromatic carbocycles. The van der Waals surface area contributed by atoms with Gasteiger partial charge in [0.15, 0.2) is 17.5 Å². The van der Waals surface area contributed by atoms with Crippen molar-refractivity contribution in [3.63, 3.8) is 0 Å². The summed E-state index contributed by atoms with van der Waals surface area (Å²) in [6.45, 7) is 0. The van der Waals surface area contributed by atoms with Crippen LogP contribution in [0.4, 0.5) is 0 Å². The fourth-order valence-electron chi connectivity index (χ4n) is 7.00. The van der Waals surface area contributed by atoms with E-state index in [2.05, 4.69) is 121 Å². The van der Waals surface area contributed by atoms with Gasteiger partial charge in [-0.05, 0) is 74.1 Å². The van der Waals surface area contributed by atoms with E-state index in [0.717, 1.165) is 65.6 Å². The Morgan fingerprint density at radius 2 is 0.979 bits per heavy atom. The molecule has 0 saturated heterocycles. The van der Waals surface area contributed by atoms with Crippen molar-refractivity contribution < 1.29 is 4.42 Å². The zero-order chi connectivity index (χ0) is 30.9. The average molecular weight is 600 g/mol. The van der Waals surface area contributed by atoms with Gasteiger partial charge in [0.1, 0.15) is 11.2 Å². The van der Waals surface area contributed by atoms with Crippen molar-refractivity contribution in [3.8, 4) is 34.2 Å². The van der Waals surface area contributed by atoms with Crippen molar-refractivity contribution in [1.29, 1.82) is 0 Å². The maximum absolute atomic E-state index is 6.51. The minimum atomic E-state index is 0.635. The molecular weight excluding hydrogens is 574 g/mol. The van der Waals surface area contributed by atoms with E-state index in [1.807, 2.05) is 30.3 Å². The van der Waals surface area contributed by atoms with E-state index in [-0.39, 0.29) is 0 Å². The van der Waals surface area contributed by atoms with Gasteiger partial charge in [0.2, 0.25) is 0 Å². The third-order valence-corrected chi connectivity index (χ3v) is 9.24. The fourth-order valence-corrected chi connectivity index (χ4v) is 7.00. The Balaban J connectivity index is 1.30. The molecule has 0 radical (unpaired) electrons. The highest BCUT2D eigenvalue weighted by atomic mass is 16.3. The lowest BCUT2D eigenvalue weighted by molar-refractivity contribution is 0.670. The Bertz CT molecular complexity index is 2850. The zero-order valence-electron chi connectivity index (χ0n) is 25.2. The number of hydrogen-bond donors (Lipinski definition) is 0. The van der Waals surface area contributed by atoms with Crippen LogP contribution in [0.2, 0.25) is 0 Å². The smallest absolute Gasteiger partial charge is 0.164 e. The van der Waals surface area contributed by atoms with Crippen molar-refractivity contribution in [3.05, 3.63) is 152 Å². The molecule has 0 saturated carbocycles. The first-order valence-corrected chi connectivity index (χ1v) is 15.8. The number of furan rings is 1. The van der Waals surface area contributed by atoms with E-state index in [0.29, 0.717) is 17.5 Å². The van der Waals surface area contributed by atoms with Crippen molar-refractivity contribution >= 4 is 65.0 Å². The summed E-state index contributed by atoms with van der Waals surface area (Å²) in [4.78, 5) is 15.4. The van der Waals surface area contributed by atoms with Crippen LogP contribution in [0, 0.1) is 0 Å². The van der Waals surface area contributed by atoms with E-state index in [1.165, 1.54) is 16.2 Å². The van der Waals surface area contributed by atoms with Gasteiger partial charge in [0.05, 0.1) is 0 Å². The van der Waals surface area contributed by atoms with E-state index < -0.39 is 0 Å². The van der Waals surface area contributed by atoms with Gasteiger partial charge in [-0.3, -0.25) is 0 Å². The van der Waals surface area contributed by atoms with Crippen molar-refractivity contribution in [2.45, 2.75) is 0 Å². The molecule has 0 aliphatic rings. The summed E-state index contributed by atoms with van der Waals surface area (Å²) in [6.07, 6.45) is 0. The van der Waals surface area contributed by atoms with Gasteiger partial charge in [0.25, 0.3) is 0 Å². The SMILES string of the molecule is c1ccc(-c2nc(-c3ccc4ccccc4c3)nc(-c3cc4ccccc4c4c3ccc3oc5cc6ccccc6cc5c34)n2)cc1. The molecule has 10 aromatic rings. The van der Waals surface area contributed by atoms with Gasteiger partial charge in [-0.15, -0.1) is 0 Å². The highest BCUT2D eigenvalue weighted by Crippen LogP contribution is 2.43. The third-order valence-electron chi connectivity index (χ3n) is 9.24. The summed E-state index contributed by atoms with van der Waals surface area (Å²) in [5.74, 6) is 1.92. The molecule has 0 unspecified atom stereocenters. The lowest BCUT2D eigenvalue weighted by Crippen LogP contribution is -2.01. The lowest BCUT2D eigenvalue weighted by atomic mass is 9.93. The Labute approximate surface area is 269 Å². The molecule has 218 valence electrons. The molecule has 2 aromatic heterocycles. The van der Waals surface area contributed by atoms with E-state index >= 15 is 0 Å². The number of nitrogens with zero attached hydrogens (tertiary/aromatic N) is 3. The summed E-state index contributed by atoms with van der Waals surface area (Å²) in [6, 6.07) is 52.8. The second-order valence-corrected chi connectivity index (χ2v) is 12.0. The van der Waals surface area contributed by atoms with Crippen LogP contribution in [-0.2, 0) is 0 Å². The Kier molecular flexibility index (Phi) is 5.54. The first-order valence-electron chi connectivity index (χ1n) is 15.8. The summed E-state index contributed by atoms with van der Waals surface area (Å²) < 4.78 is 6.51. The first kappa shape index (κ1) is 25.9. The Morgan fingerprint density at radius 3 is 1.79 bits per heavy atom. The van der Waals surface area contributed by atoms with Crippen LogP contribution in [0.3, 0.4) is 0 Å². The molecule has 4 heteroatoms. The Morgan fingerprint density at radius 1 is 0.340 bits per heavy atom. The molecule has 0 atom stereocenters. The number of fused-ring (bicyclic) bond motifs is 9. The highest BCUT2D eigenvalue weighted by Gasteiger charge is 2.20. The monoisotopic (exact) mass is 599 g/mol. The maximum atomic E-state index is 6.51. The molecule has 10 rings (SSSR count). The molecule has 2 heterocycles. The van der Waals surface area contributed by atoms with Gasteiger partial charge >= 0.3 is 0 Å². The van der Waals surface area contributed by atoms with Crippen LogP contribution in [0.1, 0.15) is 0 Å². The molecule has 0 spiro atoms. The highest BCUT2D eigenvalue weighted by molar-refractivity contribution is 6.29. The fraction of sp³-hybridized carbons (Fsp3) is 0. The van der Waals surface area contributed by atoms with Gasteiger partial charge in [-0.25, -0.2) is 15.0 Å². The summed E-state index contributed by atoms with van der Waals surface area (Å²) in [5.41, 5.74) is 4.59. The van der Waals surface area contributed by atoms with Crippen LogP contribution < -0.4 is 0 Å². The second-order valence-electron chi connectivity index (χ2n) is 12.0. The van der Waals surface area contributed by atoms with Crippen LogP contribution in [-0.4, -0.2) is 15.0 Å². The first-order chi connectivity index (χ1) is 23.3. The second kappa shape index (κ2) is 10.1.